The van der Waals surface area contributed by atoms with Crippen molar-refractivity contribution in [3.05, 3.63) is 17.5 Å². The summed E-state index contributed by atoms with van der Waals surface area (Å²) in [5.74, 6) is -0.109. The van der Waals surface area contributed by atoms with E-state index in [1.807, 2.05) is 0 Å². The normalized spacial score (nSPS) is 15.5. The SMILES string of the molecule is COC(=O)CN(C(=O)c1cc(C)on1)C1CCCC1. The van der Waals surface area contributed by atoms with Crippen molar-refractivity contribution in [2.24, 2.45) is 0 Å². The second-order valence-corrected chi connectivity index (χ2v) is 4.77. The molecule has 6 heteroatoms. The van der Waals surface area contributed by atoms with E-state index in [1.54, 1.807) is 17.9 Å². The van der Waals surface area contributed by atoms with Crippen molar-refractivity contribution in [2.45, 2.75) is 38.6 Å². The summed E-state index contributed by atoms with van der Waals surface area (Å²) in [5, 5.41) is 3.72. The van der Waals surface area contributed by atoms with E-state index in [2.05, 4.69) is 9.89 Å². The molecular formula is C13H18N2O4. The maximum absolute atomic E-state index is 12.4. The molecule has 0 atom stereocenters. The molecule has 0 radical (unpaired) electrons. The number of aryl methyl sites for hydroxylation is 1. The van der Waals surface area contributed by atoms with Crippen molar-refractivity contribution in [3.8, 4) is 0 Å². The predicted molar refractivity (Wildman–Crippen MR) is 66.5 cm³/mol. The first-order valence-electron chi connectivity index (χ1n) is 6.43. The van der Waals surface area contributed by atoms with Crippen molar-refractivity contribution in [1.82, 2.24) is 10.1 Å². The number of methoxy groups -OCH3 is 1. The molecule has 1 amide bonds. The Balaban J connectivity index is 2.15. The molecule has 0 unspecified atom stereocenters. The molecule has 104 valence electrons. The summed E-state index contributed by atoms with van der Waals surface area (Å²) in [6, 6.07) is 1.67. The van der Waals surface area contributed by atoms with Gasteiger partial charge in [0.1, 0.15) is 12.3 Å². The lowest BCUT2D eigenvalue weighted by Gasteiger charge is -2.26. The van der Waals surface area contributed by atoms with Crippen molar-refractivity contribution >= 4 is 11.9 Å². The number of nitrogens with zero attached hydrogens (tertiary/aromatic N) is 2. The van der Waals surface area contributed by atoms with Crippen LogP contribution in [0.5, 0.6) is 0 Å². The standard InChI is InChI=1S/C13H18N2O4/c1-9-7-11(14-19-9)13(17)15(8-12(16)18-2)10-5-3-4-6-10/h7,10H,3-6,8H2,1-2H3. The molecule has 0 aromatic carbocycles. The predicted octanol–water partition coefficient (Wildman–Crippen LogP) is 1.54. The van der Waals surface area contributed by atoms with E-state index in [1.165, 1.54) is 7.11 Å². The van der Waals surface area contributed by atoms with E-state index >= 15 is 0 Å². The summed E-state index contributed by atoms with van der Waals surface area (Å²) in [6.45, 7) is 1.69. The van der Waals surface area contributed by atoms with Gasteiger partial charge in [0, 0.05) is 12.1 Å². The maximum atomic E-state index is 12.4. The van der Waals surface area contributed by atoms with Crippen LogP contribution in [0.25, 0.3) is 0 Å². The van der Waals surface area contributed by atoms with Crippen molar-refractivity contribution in [2.75, 3.05) is 13.7 Å². The van der Waals surface area contributed by atoms with E-state index in [-0.39, 0.29) is 24.2 Å². The zero-order valence-corrected chi connectivity index (χ0v) is 11.2. The van der Waals surface area contributed by atoms with Crippen LogP contribution in [0.15, 0.2) is 10.6 Å². The highest BCUT2D eigenvalue weighted by molar-refractivity contribution is 5.94. The van der Waals surface area contributed by atoms with Crippen LogP contribution in [0.2, 0.25) is 0 Å². The number of carbonyl (C=O) groups is 2. The highest BCUT2D eigenvalue weighted by Crippen LogP contribution is 2.24. The lowest BCUT2D eigenvalue weighted by atomic mass is 10.2. The minimum atomic E-state index is -0.416. The summed E-state index contributed by atoms with van der Waals surface area (Å²) < 4.78 is 9.57. The van der Waals surface area contributed by atoms with Gasteiger partial charge in [-0.1, -0.05) is 18.0 Å². The van der Waals surface area contributed by atoms with E-state index in [0.29, 0.717) is 5.76 Å². The molecule has 1 aliphatic carbocycles. The maximum Gasteiger partial charge on any atom is 0.325 e. The van der Waals surface area contributed by atoms with Crippen molar-refractivity contribution in [1.29, 1.82) is 0 Å². The van der Waals surface area contributed by atoms with E-state index < -0.39 is 5.97 Å². The highest BCUT2D eigenvalue weighted by atomic mass is 16.5. The van der Waals surface area contributed by atoms with Gasteiger partial charge in [0.2, 0.25) is 0 Å². The zero-order chi connectivity index (χ0) is 13.8. The smallest absolute Gasteiger partial charge is 0.325 e. The number of amides is 1. The fourth-order valence-electron chi connectivity index (χ4n) is 2.40. The van der Waals surface area contributed by atoms with E-state index in [4.69, 9.17) is 4.52 Å². The number of hydrogen-bond acceptors (Lipinski definition) is 5. The van der Waals surface area contributed by atoms with Crippen LogP contribution in [-0.2, 0) is 9.53 Å². The molecule has 0 spiro atoms. The Hall–Kier alpha value is -1.85. The minimum absolute atomic E-state index is 0.0358. The summed E-state index contributed by atoms with van der Waals surface area (Å²) in [6.07, 6.45) is 3.99. The third kappa shape index (κ3) is 3.13. The Morgan fingerprint density at radius 2 is 2.16 bits per heavy atom. The second kappa shape index (κ2) is 5.86. The molecule has 1 aromatic rings. The molecule has 0 N–H and O–H groups in total. The summed E-state index contributed by atoms with van der Waals surface area (Å²) in [4.78, 5) is 25.4. The van der Waals surface area contributed by atoms with Gasteiger partial charge in [-0.25, -0.2) is 0 Å². The van der Waals surface area contributed by atoms with Crippen LogP contribution in [-0.4, -0.2) is 41.6 Å². The average molecular weight is 266 g/mol. The fourth-order valence-corrected chi connectivity index (χ4v) is 2.40. The van der Waals surface area contributed by atoms with Gasteiger partial charge in [0.05, 0.1) is 7.11 Å². The lowest BCUT2D eigenvalue weighted by molar-refractivity contribution is -0.141. The quantitative estimate of drug-likeness (QED) is 0.773. The van der Waals surface area contributed by atoms with Gasteiger partial charge >= 0.3 is 5.97 Å². The number of rotatable bonds is 4. The van der Waals surface area contributed by atoms with Gasteiger partial charge < -0.3 is 14.2 Å². The van der Waals surface area contributed by atoms with Crippen molar-refractivity contribution in [3.63, 3.8) is 0 Å². The number of ether oxygens (including phenoxy) is 1. The van der Waals surface area contributed by atoms with Gasteiger partial charge in [-0.3, -0.25) is 9.59 Å². The topological polar surface area (TPSA) is 72.6 Å². The summed E-state index contributed by atoms with van der Waals surface area (Å²) in [5.41, 5.74) is 0.244. The molecule has 0 aliphatic heterocycles. The Bertz CT molecular complexity index is 463. The van der Waals surface area contributed by atoms with Crippen molar-refractivity contribution < 1.29 is 18.8 Å². The number of carbonyl (C=O) groups excluding carboxylic acids is 2. The van der Waals surface area contributed by atoms with Crippen LogP contribution >= 0.6 is 0 Å². The zero-order valence-electron chi connectivity index (χ0n) is 11.2. The van der Waals surface area contributed by atoms with Crippen LogP contribution in [0.3, 0.4) is 0 Å². The monoisotopic (exact) mass is 266 g/mol. The van der Waals surface area contributed by atoms with E-state index in [9.17, 15) is 9.59 Å². The molecular weight excluding hydrogens is 248 g/mol. The largest absolute Gasteiger partial charge is 0.468 e. The molecule has 1 fully saturated rings. The van der Waals surface area contributed by atoms with E-state index in [0.717, 1.165) is 25.7 Å². The number of aromatic nitrogens is 1. The Kier molecular flexibility index (Phi) is 4.19. The average Bonchev–Trinajstić information content (AvgIpc) is 3.05. The molecule has 0 bridgehead atoms. The highest BCUT2D eigenvalue weighted by Gasteiger charge is 2.30. The number of hydrogen-bond donors (Lipinski definition) is 0. The molecule has 0 saturated heterocycles. The third-order valence-electron chi connectivity index (χ3n) is 3.40. The van der Waals surface area contributed by atoms with Gasteiger partial charge in [-0.15, -0.1) is 0 Å². The molecule has 19 heavy (non-hydrogen) atoms. The number of esters is 1. The third-order valence-corrected chi connectivity index (χ3v) is 3.40. The second-order valence-electron chi connectivity index (χ2n) is 4.77. The molecule has 1 aromatic heterocycles. The van der Waals surface area contributed by atoms with Crippen LogP contribution in [0.1, 0.15) is 41.9 Å². The molecule has 6 nitrogen and oxygen atoms in total. The van der Waals surface area contributed by atoms with Gasteiger partial charge in [0.25, 0.3) is 5.91 Å². The van der Waals surface area contributed by atoms with Crippen LogP contribution < -0.4 is 0 Å². The first kappa shape index (κ1) is 13.6. The first-order chi connectivity index (χ1) is 9.11. The molecule has 1 heterocycles. The lowest BCUT2D eigenvalue weighted by Crippen LogP contribution is -2.42. The van der Waals surface area contributed by atoms with Crippen LogP contribution in [0, 0.1) is 6.92 Å². The fraction of sp³-hybridized carbons (Fsp3) is 0.615. The van der Waals surface area contributed by atoms with Gasteiger partial charge in [-0.2, -0.15) is 0 Å². The Morgan fingerprint density at radius 3 is 2.68 bits per heavy atom. The summed E-state index contributed by atoms with van der Waals surface area (Å²) >= 11 is 0. The van der Waals surface area contributed by atoms with Crippen LogP contribution in [0.4, 0.5) is 0 Å². The first-order valence-corrected chi connectivity index (χ1v) is 6.43. The molecule has 2 rings (SSSR count). The Morgan fingerprint density at radius 1 is 1.47 bits per heavy atom. The van der Waals surface area contributed by atoms with Gasteiger partial charge in [0.15, 0.2) is 5.69 Å². The minimum Gasteiger partial charge on any atom is -0.468 e. The van der Waals surface area contributed by atoms with Gasteiger partial charge in [-0.05, 0) is 19.8 Å². The molecule has 1 saturated carbocycles. The molecule has 1 aliphatic rings. The summed E-state index contributed by atoms with van der Waals surface area (Å²) in [7, 11) is 1.32. The Labute approximate surface area is 111 Å².